The maximum absolute atomic E-state index is 12.0. The second kappa shape index (κ2) is 6.49. The first-order valence-corrected chi connectivity index (χ1v) is 7.47. The average Bonchev–Trinajstić information content (AvgIpc) is 2.28. The van der Waals surface area contributed by atoms with Crippen LogP contribution in [0.25, 0.3) is 0 Å². The zero-order valence-corrected chi connectivity index (χ0v) is 11.0. The molecule has 1 aliphatic heterocycles. The molecule has 0 N–H and O–H groups in total. The minimum absolute atomic E-state index is 0.0452. The number of isocyanates is 1. The maximum Gasteiger partial charge on any atom is 0.389 e. The van der Waals surface area contributed by atoms with E-state index in [1.165, 1.54) is 6.08 Å². The van der Waals surface area contributed by atoms with Gasteiger partial charge in [0.15, 0.2) is 0 Å². The zero-order chi connectivity index (χ0) is 14.5. The molecular weight excluding hydrogens is 285 g/mol. The summed E-state index contributed by atoms with van der Waals surface area (Å²) in [5, 5.41) is 0. The molecule has 1 aliphatic rings. The Hall–Kier alpha value is -0.920. The van der Waals surface area contributed by atoms with Gasteiger partial charge in [0.1, 0.15) is 0 Å². The molecule has 19 heavy (non-hydrogen) atoms. The second-order valence-electron chi connectivity index (χ2n) is 4.41. The van der Waals surface area contributed by atoms with Gasteiger partial charge in [-0.2, -0.15) is 17.5 Å². The minimum atomic E-state index is -4.35. The van der Waals surface area contributed by atoms with Crippen LogP contribution in [-0.4, -0.2) is 49.9 Å². The third-order valence-electron chi connectivity index (χ3n) is 2.85. The van der Waals surface area contributed by atoms with E-state index in [-0.39, 0.29) is 13.1 Å². The molecule has 1 heterocycles. The number of piperidine rings is 1. The Morgan fingerprint density at radius 1 is 1.37 bits per heavy atom. The molecule has 0 aromatic rings. The highest BCUT2D eigenvalue weighted by Gasteiger charge is 2.31. The summed E-state index contributed by atoms with van der Waals surface area (Å²) in [6.07, 6.45) is -3.41. The van der Waals surface area contributed by atoms with Gasteiger partial charge in [-0.3, -0.25) is 0 Å². The molecule has 1 atom stereocenters. The predicted molar refractivity (Wildman–Crippen MR) is 61.8 cm³/mol. The van der Waals surface area contributed by atoms with Crippen molar-refractivity contribution in [3.05, 3.63) is 0 Å². The SMILES string of the molecule is O=C=NC1CCCN(S(=O)(=O)CCCC(F)(F)F)C1. The molecular formula is C10H15F3N2O3S. The first-order valence-electron chi connectivity index (χ1n) is 5.86. The Morgan fingerprint density at radius 3 is 2.63 bits per heavy atom. The third kappa shape index (κ3) is 5.71. The Balaban J connectivity index is 2.54. The lowest BCUT2D eigenvalue weighted by Crippen LogP contribution is -2.42. The van der Waals surface area contributed by atoms with Crippen molar-refractivity contribution in [2.45, 2.75) is 37.9 Å². The highest BCUT2D eigenvalue weighted by molar-refractivity contribution is 7.89. The van der Waals surface area contributed by atoms with Crippen LogP contribution in [-0.2, 0) is 14.8 Å². The van der Waals surface area contributed by atoms with Crippen LogP contribution in [0.2, 0.25) is 0 Å². The van der Waals surface area contributed by atoms with E-state index in [1.807, 2.05) is 0 Å². The maximum atomic E-state index is 12.0. The van der Waals surface area contributed by atoms with E-state index in [4.69, 9.17) is 0 Å². The van der Waals surface area contributed by atoms with Crippen LogP contribution in [0.3, 0.4) is 0 Å². The van der Waals surface area contributed by atoms with Gasteiger partial charge in [0.05, 0.1) is 11.8 Å². The molecule has 0 aromatic heterocycles. The first-order chi connectivity index (χ1) is 8.74. The first kappa shape index (κ1) is 16.1. The fraction of sp³-hybridized carbons (Fsp3) is 0.900. The van der Waals surface area contributed by atoms with Crippen molar-refractivity contribution in [2.24, 2.45) is 4.99 Å². The third-order valence-corrected chi connectivity index (χ3v) is 4.77. The molecule has 0 amide bonds. The van der Waals surface area contributed by atoms with Gasteiger partial charge >= 0.3 is 6.18 Å². The number of aliphatic imine (C=N–C) groups is 1. The average molecular weight is 300 g/mol. The molecule has 110 valence electrons. The van der Waals surface area contributed by atoms with Crippen molar-refractivity contribution in [3.63, 3.8) is 0 Å². The molecule has 0 radical (unpaired) electrons. The van der Waals surface area contributed by atoms with Crippen molar-refractivity contribution >= 4 is 16.1 Å². The number of rotatable bonds is 5. The van der Waals surface area contributed by atoms with E-state index in [2.05, 4.69) is 4.99 Å². The summed E-state index contributed by atoms with van der Waals surface area (Å²) in [4.78, 5) is 13.6. The minimum Gasteiger partial charge on any atom is -0.212 e. The summed E-state index contributed by atoms with van der Waals surface area (Å²) in [5.74, 6) is -0.538. The Labute approximate surface area is 109 Å². The number of hydrogen-bond donors (Lipinski definition) is 0. The lowest BCUT2D eigenvalue weighted by Gasteiger charge is -2.29. The van der Waals surface area contributed by atoms with E-state index < -0.39 is 40.8 Å². The van der Waals surface area contributed by atoms with Crippen LogP contribution in [0.4, 0.5) is 13.2 Å². The van der Waals surface area contributed by atoms with Gasteiger partial charge in [0, 0.05) is 19.5 Å². The van der Waals surface area contributed by atoms with Crippen LogP contribution in [0.1, 0.15) is 25.7 Å². The molecule has 9 heteroatoms. The van der Waals surface area contributed by atoms with Gasteiger partial charge in [-0.15, -0.1) is 0 Å². The fourth-order valence-electron chi connectivity index (χ4n) is 1.94. The topological polar surface area (TPSA) is 66.8 Å². The molecule has 0 saturated carbocycles. The van der Waals surface area contributed by atoms with Crippen molar-refractivity contribution in [1.82, 2.24) is 4.31 Å². The quantitative estimate of drug-likeness (QED) is 0.570. The molecule has 1 fully saturated rings. The summed E-state index contributed by atoms with van der Waals surface area (Å²) in [6, 6.07) is -0.441. The monoisotopic (exact) mass is 300 g/mol. The van der Waals surface area contributed by atoms with E-state index >= 15 is 0 Å². The van der Waals surface area contributed by atoms with Crippen LogP contribution in [0.15, 0.2) is 4.99 Å². The summed E-state index contributed by atoms with van der Waals surface area (Å²) in [6.45, 7) is 0.308. The largest absolute Gasteiger partial charge is 0.389 e. The smallest absolute Gasteiger partial charge is 0.212 e. The molecule has 0 aliphatic carbocycles. The van der Waals surface area contributed by atoms with Crippen LogP contribution in [0.5, 0.6) is 0 Å². The van der Waals surface area contributed by atoms with E-state index in [0.717, 1.165) is 4.31 Å². The Kier molecular flexibility index (Phi) is 5.51. The highest BCUT2D eigenvalue weighted by Crippen LogP contribution is 2.23. The summed E-state index contributed by atoms with van der Waals surface area (Å²) in [7, 11) is -3.71. The number of alkyl halides is 3. The van der Waals surface area contributed by atoms with Gasteiger partial charge in [0.2, 0.25) is 16.1 Å². The number of nitrogens with zero attached hydrogens (tertiary/aromatic N) is 2. The lowest BCUT2D eigenvalue weighted by atomic mass is 10.1. The summed E-state index contributed by atoms with van der Waals surface area (Å²) in [5.41, 5.74) is 0. The van der Waals surface area contributed by atoms with Crippen molar-refractivity contribution in [2.75, 3.05) is 18.8 Å². The molecule has 0 aromatic carbocycles. The van der Waals surface area contributed by atoms with Gasteiger partial charge in [-0.05, 0) is 19.3 Å². The van der Waals surface area contributed by atoms with Gasteiger partial charge in [-0.1, -0.05) is 0 Å². The van der Waals surface area contributed by atoms with E-state index in [0.29, 0.717) is 12.8 Å². The van der Waals surface area contributed by atoms with E-state index in [9.17, 15) is 26.4 Å². The molecule has 0 spiro atoms. The Morgan fingerprint density at radius 2 is 2.05 bits per heavy atom. The standard InChI is InChI=1S/C10H15F3N2O3S/c11-10(12,13)4-2-6-19(17,18)15-5-1-3-9(7-15)14-8-16/h9H,1-7H2. The molecule has 1 saturated heterocycles. The van der Waals surface area contributed by atoms with Crippen molar-refractivity contribution in [3.8, 4) is 0 Å². The molecule has 1 rings (SSSR count). The van der Waals surface area contributed by atoms with Crippen LogP contribution in [0, 0.1) is 0 Å². The van der Waals surface area contributed by atoms with Crippen molar-refractivity contribution < 1.29 is 26.4 Å². The number of hydrogen-bond acceptors (Lipinski definition) is 4. The predicted octanol–water partition coefficient (Wildman–Crippen LogP) is 1.46. The molecule has 5 nitrogen and oxygen atoms in total. The molecule has 1 unspecified atom stereocenters. The van der Waals surface area contributed by atoms with Crippen LogP contribution < -0.4 is 0 Å². The number of halogens is 3. The van der Waals surface area contributed by atoms with Crippen LogP contribution >= 0.6 is 0 Å². The summed E-state index contributed by atoms with van der Waals surface area (Å²) >= 11 is 0. The zero-order valence-electron chi connectivity index (χ0n) is 10.2. The van der Waals surface area contributed by atoms with E-state index in [1.54, 1.807) is 0 Å². The number of carbonyl (C=O) groups excluding carboxylic acids is 1. The fourth-order valence-corrected chi connectivity index (χ4v) is 3.51. The summed E-state index contributed by atoms with van der Waals surface area (Å²) < 4.78 is 60.7. The highest BCUT2D eigenvalue weighted by atomic mass is 32.2. The normalized spacial score (nSPS) is 21.9. The van der Waals surface area contributed by atoms with Gasteiger partial charge in [-0.25, -0.2) is 18.2 Å². The molecule has 0 bridgehead atoms. The Bertz CT molecular complexity index is 443. The van der Waals surface area contributed by atoms with Crippen molar-refractivity contribution in [1.29, 1.82) is 0 Å². The number of sulfonamides is 1. The van der Waals surface area contributed by atoms with Gasteiger partial charge < -0.3 is 0 Å². The second-order valence-corrected chi connectivity index (χ2v) is 6.50. The van der Waals surface area contributed by atoms with Gasteiger partial charge in [0.25, 0.3) is 0 Å². The lowest BCUT2D eigenvalue weighted by molar-refractivity contribution is -0.134.